The zero-order valence-corrected chi connectivity index (χ0v) is 10.9. The minimum absolute atomic E-state index is 0.0128. The minimum atomic E-state index is -0.445. The molecule has 17 heavy (non-hydrogen) atoms. The van der Waals surface area contributed by atoms with Gasteiger partial charge in [0.2, 0.25) is 0 Å². The van der Waals surface area contributed by atoms with Gasteiger partial charge in [0.1, 0.15) is 10.0 Å². The van der Waals surface area contributed by atoms with Crippen molar-refractivity contribution in [3.63, 3.8) is 0 Å². The van der Waals surface area contributed by atoms with E-state index in [1.807, 2.05) is 0 Å². The van der Waals surface area contributed by atoms with Gasteiger partial charge < -0.3 is 5.73 Å². The van der Waals surface area contributed by atoms with Crippen LogP contribution in [0.2, 0.25) is 0 Å². The van der Waals surface area contributed by atoms with Crippen LogP contribution >= 0.6 is 27.3 Å². The summed E-state index contributed by atoms with van der Waals surface area (Å²) in [4.78, 5) is 10.3. The molecule has 0 atom stereocenters. The van der Waals surface area contributed by atoms with Crippen molar-refractivity contribution in [2.24, 2.45) is 5.73 Å². The van der Waals surface area contributed by atoms with Crippen LogP contribution in [0.15, 0.2) is 22.7 Å². The maximum atomic E-state index is 10.7. The van der Waals surface area contributed by atoms with E-state index in [9.17, 15) is 10.1 Å². The van der Waals surface area contributed by atoms with Gasteiger partial charge in [0.25, 0.3) is 5.69 Å². The van der Waals surface area contributed by atoms with Crippen LogP contribution in [-0.2, 0) is 6.54 Å². The molecule has 8 heteroatoms. The van der Waals surface area contributed by atoms with Crippen LogP contribution in [-0.4, -0.2) is 15.1 Å². The lowest BCUT2D eigenvalue weighted by atomic mass is 10.2. The lowest BCUT2D eigenvalue weighted by molar-refractivity contribution is -0.384. The molecular weight excluding hydrogens is 308 g/mol. The quantitative estimate of drug-likeness (QED) is 0.693. The summed E-state index contributed by atoms with van der Waals surface area (Å²) >= 11 is 4.55. The number of halogens is 1. The van der Waals surface area contributed by atoms with Gasteiger partial charge in [-0.05, 0) is 6.07 Å². The summed E-state index contributed by atoms with van der Waals surface area (Å²) in [7, 11) is 0. The van der Waals surface area contributed by atoms with E-state index in [0.717, 1.165) is 0 Å². The van der Waals surface area contributed by atoms with Crippen molar-refractivity contribution in [1.29, 1.82) is 0 Å². The Balaban J connectivity index is 2.47. The fourth-order valence-electron chi connectivity index (χ4n) is 1.26. The molecule has 0 saturated carbocycles. The van der Waals surface area contributed by atoms with E-state index in [1.165, 1.54) is 23.5 Å². The lowest BCUT2D eigenvalue weighted by Gasteiger charge is -1.97. The summed E-state index contributed by atoms with van der Waals surface area (Å²) in [5.74, 6) is 0. The summed E-state index contributed by atoms with van der Waals surface area (Å²) in [5, 5.41) is 19.9. The van der Waals surface area contributed by atoms with Gasteiger partial charge >= 0.3 is 0 Å². The second-order valence-corrected chi connectivity index (χ2v) is 5.14. The second-order valence-electron chi connectivity index (χ2n) is 3.16. The predicted octanol–water partition coefficient (Wildman–Crippen LogP) is 2.33. The highest BCUT2D eigenvalue weighted by Gasteiger charge is 2.12. The lowest BCUT2D eigenvalue weighted by Crippen LogP contribution is -1.94. The highest BCUT2D eigenvalue weighted by atomic mass is 79.9. The molecule has 0 fully saturated rings. The smallest absolute Gasteiger partial charge is 0.271 e. The fraction of sp³-hybridized carbons (Fsp3) is 0.111. The molecule has 0 spiro atoms. The van der Waals surface area contributed by atoms with Crippen molar-refractivity contribution in [2.45, 2.75) is 6.54 Å². The number of nitro groups is 1. The number of aromatic nitrogens is 2. The van der Waals surface area contributed by atoms with Crippen molar-refractivity contribution in [2.75, 3.05) is 0 Å². The zero-order chi connectivity index (χ0) is 12.4. The molecule has 0 bridgehead atoms. The molecule has 2 rings (SSSR count). The summed E-state index contributed by atoms with van der Waals surface area (Å²) in [6.07, 6.45) is 0. The van der Waals surface area contributed by atoms with Gasteiger partial charge in [-0.3, -0.25) is 10.1 Å². The summed E-state index contributed by atoms with van der Waals surface area (Å²) < 4.78 is 0.631. The molecule has 1 aromatic heterocycles. The largest absolute Gasteiger partial charge is 0.324 e. The van der Waals surface area contributed by atoms with Gasteiger partial charge in [0.05, 0.1) is 4.92 Å². The van der Waals surface area contributed by atoms with Crippen LogP contribution in [0.25, 0.3) is 10.6 Å². The predicted molar refractivity (Wildman–Crippen MR) is 67.6 cm³/mol. The average Bonchev–Trinajstić information content (AvgIpc) is 2.76. The number of nitrogens with two attached hydrogens (primary N) is 1. The molecule has 0 aliphatic heterocycles. The first-order valence-electron chi connectivity index (χ1n) is 4.58. The highest BCUT2D eigenvalue weighted by Crippen LogP contribution is 2.30. The monoisotopic (exact) mass is 314 g/mol. The number of rotatable bonds is 3. The zero-order valence-electron chi connectivity index (χ0n) is 8.46. The molecule has 1 aromatic carbocycles. The highest BCUT2D eigenvalue weighted by molar-refractivity contribution is 9.10. The number of non-ortho nitro benzene ring substituents is 1. The van der Waals surface area contributed by atoms with Crippen molar-refractivity contribution in [3.05, 3.63) is 37.8 Å². The Kier molecular flexibility index (Phi) is 3.46. The summed E-state index contributed by atoms with van der Waals surface area (Å²) in [5.41, 5.74) is 6.11. The Morgan fingerprint density at radius 1 is 1.41 bits per heavy atom. The fourth-order valence-corrected chi connectivity index (χ4v) is 2.44. The number of hydrogen-bond donors (Lipinski definition) is 1. The first kappa shape index (κ1) is 12.1. The molecule has 0 amide bonds. The average molecular weight is 315 g/mol. The number of nitrogens with zero attached hydrogens (tertiary/aromatic N) is 3. The SMILES string of the molecule is NCc1nnc(-c2cc(Br)cc([N+](=O)[O-])c2)s1. The van der Waals surface area contributed by atoms with Crippen LogP contribution in [0.1, 0.15) is 5.01 Å². The standard InChI is InChI=1S/C9H7BrN4O2S/c10-6-1-5(2-7(3-6)14(15)16)9-13-12-8(4-11)17-9/h1-3H,4,11H2. The van der Waals surface area contributed by atoms with Gasteiger partial charge in [-0.25, -0.2) is 0 Å². The molecular formula is C9H7BrN4O2S. The molecule has 1 heterocycles. The molecule has 2 aromatic rings. The third-order valence-electron chi connectivity index (χ3n) is 1.98. The molecule has 0 radical (unpaired) electrons. The van der Waals surface area contributed by atoms with Crippen LogP contribution in [0, 0.1) is 10.1 Å². The van der Waals surface area contributed by atoms with Gasteiger partial charge in [-0.1, -0.05) is 27.3 Å². The van der Waals surface area contributed by atoms with Gasteiger partial charge in [0, 0.05) is 28.7 Å². The van der Waals surface area contributed by atoms with E-state index >= 15 is 0 Å². The molecule has 88 valence electrons. The van der Waals surface area contributed by atoms with Gasteiger partial charge in [-0.15, -0.1) is 10.2 Å². The molecule has 0 unspecified atom stereocenters. The maximum Gasteiger partial charge on any atom is 0.271 e. The first-order valence-corrected chi connectivity index (χ1v) is 6.19. The summed E-state index contributed by atoms with van der Waals surface area (Å²) in [6.45, 7) is 0.313. The minimum Gasteiger partial charge on any atom is -0.324 e. The normalized spacial score (nSPS) is 10.5. The summed E-state index contributed by atoms with van der Waals surface area (Å²) in [6, 6.07) is 4.66. The third-order valence-corrected chi connectivity index (χ3v) is 3.43. The van der Waals surface area contributed by atoms with Crippen LogP contribution in [0.4, 0.5) is 5.69 Å². The number of benzene rings is 1. The molecule has 2 N–H and O–H groups in total. The number of nitro benzene ring substituents is 1. The number of hydrogen-bond acceptors (Lipinski definition) is 6. The van der Waals surface area contributed by atoms with E-state index in [0.29, 0.717) is 26.6 Å². The third kappa shape index (κ3) is 2.65. The van der Waals surface area contributed by atoms with Crippen molar-refractivity contribution in [3.8, 4) is 10.6 Å². The second kappa shape index (κ2) is 4.86. The van der Waals surface area contributed by atoms with E-state index in [1.54, 1.807) is 6.07 Å². The molecule has 0 saturated heterocycles. The Bertz CT molecular complexity index is 572. The van der Waals surface area contributed by atoms with Crippen molar-refractivity contribution >= 4 is 33.0 Å². The Labute approximate surface area is 109 Å². The molecule has 6 nitrogen and oxygen atoms in total. The Morgan fingerprint density at radius 3 is 2.76 bits per heavy atom. The maximum absolute atomic E-state index is 10.7. The van der Waals surface area contributed by atoms with E-state index in [-0.39, 0.29) is 5.69 Å². The van der Waals surface area contributed by atoms with E-state index in [2.05, 4.69) is 26.1 Å². The van der Waals surface area contributed by atoms with Crippen molar-refractivity contribution in [1.82, 2.24) is 10.2 Å². The van der Waals surface area contributed by atoms with Gasteiger partial charge in [-0.2, -0.15) is 0 Å². The van der Waals surface area contributed by atoms with Crippen LogP contribution < -0.4 is 5.73 Å². The Hall–Kier alpha value is -1.38. The van der Waals surface area contributed by atoms with E-state index < -0.39 is 4.92 Å². The first-order chi connectivity index (χ1) is 8.10. The Morgan fingerprint density at radius 2 is 2.18 bits per heavy atom. The topological polar surface area (TPSA) is 94.9 Å². The van der Waals surface area contributed by atoms with Crippen LogP contribution in [0.5, 0.6) is 0 Å². The van der Waals surface area contributed by atoms with E-state index in [4.69, 9.17) is 5.73 Å². The molecule has 0 aliphatic rings. The molecule has 0 aliphatic carbocycles. The van der Waals surface area contributed by atoms with Crippen LogP contribution in [0.3, 0.4) is 0 Å². The van der Waals surface area contributed by atoms with Crippen molar-refractivity contribution < 1.29 is 4.92 Å². The van der Waals surface area contributed by atoms with Gasteiger partial charge in [0.15, 0.2) is 0 Å².